The summed E-state index contributed by atoms with van der Waals surface area (Å²) in [4.78, 5) is 20.8. The third-order valence-electron chi connectivity index (χ3n) is 1.07. The summed E-state index contributed by atoms with van der Waals surface area (Å²) in [5.41, 5.74) is 4.76. The topological polar surface area (TPSA) is 78.6 Å². The number of primary amides is 1. The molecule has 0 unspecified atom stereocenters. The van der Waals surface area contributed by atoms with Gasteiger partial charge >= 0.3 is 12.1 Å². The van der Waals surface area contributed by atoms with Crippen molar-refractivity contribution in [2.75, 3.05) is 24.7 Å². The number of esters is 1. The molecular weight excluding hydrogens is 238 g/mol. The molecule has 0 aliphatic carbocycles. The Hall–Kier alpha value is -0.820. The Bertz CT molecular complexity index is 223. The highest BCUT2D eigenvalue weighted by Crippen LogP contribution is 2.20. The lowest BCUT2D eigenvalue weighted by Gasteiger charge is -2.02. The maximum absolute atomic E-state index is 10.6. The second-order valence-electron chi connectivity index (χ2n) is 2.18. The van der Waals surface area contributed by atoms with Crippen molar-refractivity contribution in [3.05, 3.63) is 12.7 Å². The Morgan fingerprint density at radius 1 is 1.20 bits per heavy atom. The van der Waals surface area contributed by atoms with E-state index < -0.39 is 12.1 Å². The van der Waals surface area contributed by atoms with E-state index in [1.807, 2.05) is 0 Å². The highest BCUT2D eigenvalue weighted by molar-refractivity contribution is 8.76. The summed E-state index contributed by atoms with van der Waals surface area (Å²) in [5.74, 6) is 0.918. The van der Waals surface area contributed by atoms with E-state index >= 15 is 0 Å². The van der Waals surface area contributed by atoms with E-state index in [-0.39, 0.29) is 0 Å². The predicted molar refractivity (Wildman–Crippen MR) is 61.6 cm³/mol. The molecule has 0 aromatic carbocycles. The monoisotopic (exact) mass is 251 g/mol. The van der Waals surface area contributed by atoms with Crippen LogP contribution >= 0.6 is 21.6 Å². The average molecular weight is 251 g/mol. The van der Waals surface area contributed by atoms with Gasteiger partial charge in [-0.2, -0.15) is 0 Å². The number of amides is 1. The van der Waals surface area contributed by atoms with Gasteiger partial charge in [0.25, 0.3) is 0 Å². The number of ether oxygens (including phenoxy) is 2. The summed E-state index contributed by atoms with van der Waals surface area (Å²) in [6.07, 6.45) is 0.360. The lowest BCUT2D eigenvalue weighted by Crippen LogP contribution is -2.14. The molecule has 0 heterocycles. The molecule has 0 radical (unpaired) electrons. The normalized spacial score (nSPS) is 9.33. The molecule has 0 aromatic heterocycles. The average Bonchev–Trinajstić information content (AvgIpc) is 2.21. The molecule has 0 saturated heterocycles. The number of hydrogen-bond donors (Lipinski definition) is 1. The molecule has 0 saturated carbocycles. The van der Waals surface area contributed by atoms with Crippen LogP contribution in [0.4, 0.5) is 4.79 Å². The number of nitrogens with two attached hydrogens (primary N) is 1. The van der Waals surface area contributed by atoms with Crippen LogP contribution in [0, 0.1) is 0 Å². The zero-order valence-corrected chi connectivity index (χ0v) is 9.77. The van der Waals surface area contributed by atoms with Gasteiger partial charge in [-0.1, -0.05) is 28.2 Å². The third-order valence-corrected chi connectivity index (χ3v) is 3.41. The first kappa shape index (κ1) is 14.2. The first-order valence-electron chi connectivity index (χ1n) is 4.12. The number of carbonyl (C=O) groups is 2. The Balaban J connectivity index is 3.08. The van der Waals surface area contributed by atoms with Crippen molar-refractivity contribution >= 4 is 33.7 Å². The molecule has 0 atom stereocenters. The van der Waals surface area contributed by atoms with E-state index in [9.17, 15) is 9.59 Å². The van der Waals surface area contributed by atoms with Crippen LogP contribution in [0.3, 0.4) is 0 Å². The molecular formula is C8H13NO4S2. The molecule has 5 nitrogen and oxygen atoms in total. The molecule has 0 aliphatic rings. The zero-order valence-electron chi connectivity index (χ0n) is 8.14. The van der Waals surface area contributed by atoms with E-state index in [1.165, 1.54) is 21.6 Å². The SMILES string of the molecule is C=CC(=O)OCCSSCCOC(N)=O. The maximum Gasteiger partial charge on any atom is 0.404 e. The van der Waals surface area contributed by atoms with Gasteiger partial charge in [-0.3, -0.25) is 0 Å². The number of carbonyl (C=O) groups excluding carboxylic acids is 2. The molecule has 15 heavy (non-hydrogen) atoms. The lowest BCUT2D eigenvalue weighted by molar-refractivity contribution is -0.137. The van der Waals surface area contributed by atoms with Crippen molar-refractivity contribution in [1.29, 1.82) is 0 Å². The van der Waals surface area contributed by atoms with Crippen molar-refractivity contribution in [2.24, 2.45) is 5.73 Å². The smallest absolute Gasteiger partial charge is 0.404 e. The molecule has 0 aliphatic heterocycles. The van der Waals surface area contributed by atoms with Crippen molar-refractivity contribution in [1.82, 2.24) is 0 Å². The van der Waals surface area contributed by atoms with E-state index in [0.29, 0.717) is 24.7 Å². The van der Waals surface area contributed by atoms with Crippen LogP contribution in [0.1, 0.15) is 0 Å². The van der Waals surface area contributed by atoms with Gasteiger partial charge < -0.3 is 15.2 Å². The minimum atomic E-state index is -0.763. The summed E-state index contributed by atoms with van der Waals surface area (Å²) >= 11 is 0. The van der Waals surface area contributed by atoms with E-state index in [0.717, 1.165) is 6.08 Å². The summed E-state index contributed by atoms with van der Waals surface area (Å²) in [6.45, 7) is 3.91. The molecule has 2 N–H and O–H groups in total. The zero-order chi connectivity index (χ0) is 11.5. The fourth-order valence-electron chi connectivity index (χ4n) is 0.529. The molecule has 0 bridgehead atoms. The Labute approximate surface area is 96.1 Å². The Kier molecular flexibility index (Phi) is 9.19. The van der Waals surface area contributed by atoms with Crippen LogP contribution < -0.4 is 5.73 Å². The first-order valence-corrected chi connectivity index (χ1v) is 6.61. The van der Waals surface area contributed by atoms with E-state index in [2.05, 4.69) is 11.3 Å². The lowest BCUT2D eigenvalue weighted by atomic mass is 10.6. The standard InChI is InChI=1S/C8H13NO4S2/c1-2-7(10)12-3-5-14-15-6-4-13-8(9)11/h2H,1,3-6H2,(H2,9,11). The van der Waals surface area contributed by atoms with Crippen LogP contribution in [0.5, 0.6) is 0 Å². The van der Waals surface area contributed by atoms with Crippen molar-refractivity contribution in [3.63, 3.8) is 0 Å². The van der Waals surface area contributed by atoms with Gasteiger partial charge in [0, 0.05) is 17.6 Å². The molecule has 0 rings (SSSR count). The van der Waals surface area contributed by atoms with Crippen molar-refractivity contribution in [3.8, 4) is 0 Å². The largest absolute Gasteiger partial charge is 0.462 e. The molecule has 86 valence electrons. The van der Waals surface area contributed by atoms with Crippen LogP contribution in [-0.4, -0.2) is 36.8 Å². The predicted octanol–water partition coefficient (Wildman–Crippen LogP) is 1.19. The fourth-order valence-corrected chi connectivity index (χ4v) is 2.18. The van der Waals surface area contributed by atoms with Gasteiger partial charge in [0.15, 0.2) is 0 Å². The molecule has 0 fully saturated rings. The van der Waals surface area contributed by atoms with E-state index in [1.54, 1.807) is 0 Å². The molecule has 0 aromatic rings. The number of rotatable bonds is 8. The highest BCUT2D eigenvalue weighted by Gasteiger charge is 1.97. The van der Waals surface area contributed by atoms with Crippen LogP contribution in [-0.2, 0) is 14.3 Å². The molecule has 1 amide bonds. The van der Waals surface area contributed by atoms with Crippen LogP contribution in [0.2, 0.25) is 0 Å². The summed E-state index contributed by atoms with van der Waals surface area (Å²) in [6, 6.07) is 0. The Morgan fingerprint density at radius 2 is 1.73 bits per heavy atom. The first-order chi connectivity index (χ1) is 7.16. The molecule has 7 heteroatoms. The summed E-state index contributed by atoms with van der Waals surface area (Å²) < 4.78 is 9.25. The van der Waals surface area contributed by atoms with Gasteiger partial charge in [-0.05, 0) is 0 Å². The fraction of sp³-hybridized carbons (Fsp3) is 0.500. The van der Waals surface area contributed by atoms with E-state index in [4.69, 9.17) is 10.5 Å². The minimum absolute atomic E-state index is 0.291. The Morgan fingerprint density at radius 3 is 2.20 bits per heavy atom. The second-order valence-corrected chi connectivity index (χ2v) is 4.89. The third kappa shape index (κ3) is 11.1. The minimum Gasteiger partial charge on any atom is -0.462 e. The second kappa shape index (κ2) is 9.72. The number of hydrogen-bond acceptors (Lipinski definition) is 6. The maximum atomic E-state index is 10.6. The van der Waals surface area contributed by atoms with Crippen molar-refractivity contribution in [2.45, 2.75) is 0 Å². The van der Waals surface area contributed by atoms with Gasteiger partial charge in [-0.25, -0.2) is 9.59 Å². The van der Waals surface area contributed by atoms with Gasteiger partial charge in [0.1, 0.15) is 13.2 Å². The van der Waals surface area contributed by atoms with Crippen LogP contribution in [0.15, 0.2) is 12.7 Å². The van der Waals surface area contributed by atoms with Crippen molar-refractivity contribution < 1.29 is 19.1 Å². The summed E-state index contributed by atoms with van der Waals surface area (Å²) in [5, 5.41) is 0. The van der Waals surface area contributed by atoms with Crippen LogP contribution in [0.25, 0.3) is 0 Å². The van der Waals surface area contributed by atoms with Gasteiger partial charge in [-0.15, -0.1) is 0 Å². The quantitative estimate of drug-likeness (QED) is 0.302. The van der Waals surface area contributed by atoms with Gasteiger partial charge in [0.2, 0.25) is 0 Å². The van der Waals surface area contributed by atoms with Gasteiger partial charge in [0.05, 0.1) is 0 Å². The highest BCUT2D eigenvalue weighted by atomic mass is 33.1. The molecule has 0 spiro atoms. The summed E-state index contributed by atoms with van der Waals surface area (Å²) in [7, 11) is 3.05.